The zero-order valence-electron chi connectivity index (χ0n) is 3.02. The molecule has 7 heteroatoms. The quantitative estimate of drug-likeness (QED) is 0.328. The SMILES string of the molecule is O[Si](O)(O)O.[Fe].[Mn]. The van der Waals surface area contributed by atoms with Crippen LogP contribution < -0.4 is 0 Å². The van der Waals surface area contributed by atoms with E-state index in [1.54, 1.807) is 0 Å². The Kier molecular flexibility index (Phi) is 11.7. The summed E-state index contributed by atoms with van der Waals surface area (Å²) in [5.74, 6) is 0. The molecule has 0 unspecified atom stereocenters. The second kappa shape index (κ2) is 5.24. The first-order chi connectivity index (χ1) is 2.00. The van der Waals surface area contributed by atoms with E-state index < -0.39 is 9.05 Å². The van der Waals surface area contributed by atoms with Crippen molar-refractivity contribution in [2.24, 2.45) is 0 Å². The van der Waals surface area contributed by atoms with Gasteiger partial charge in [-0.15, -0.1) is 0 Å². The van der Waals surface area contributed by atoms with Gasteiger partial charge in [0, 0.05) is 34.1 Å². The van der Waals surface area contributed by atoms with Crippen molar-refractivity contribution in [1.29, 1.82) is 0 Å². The minimum Gasteiger partial charge on any atom is -0.368 e. The molecule has 0 aliphatic rings. The van der Waals surface area contributed by atoms with E-state index in [1.165, 1.54) is 0 Å². The number of hydrogen-bond donors (Lipinski definition) is 4. The molecule has 0 aliphatic heterocycles. The minimum absolute atomic E-state index is 0. The third-order valence-electron chi connectivity index (χ3n) is 0. The predicted molar refractivity (Wildman–Crippen MR) is 14.6 cm³/mol. The summed E-state index contributed by atoms with van der Waals surface area (Å²) in [6.07, 6.45) is 0. The van der Waals surface area contributed by atoms with Gasteiger partial charge in [0.05, 0.1) is 0 Å². The molecule has 0 heterocycles. The summed E-state index contributed by atoms with van der Waals surface area (Å²) in [6, 6.07) is 0. The van der Waals surface area contributed by atoms with Gasteiger partial charge in [-0.1, -0.05) is 0 Å². The third-order valence-corrected chi connectivity index (χ3v) is 0. The van der Waals surface area contributed by atoms with E-state index >= 15 is 0 Å². The zero-order chi connectivity index (χ0) is 4.50. The minimum atomic E-state index is -4.61. The molecule has 0 aromatic rings. The number of hydrogen-bond acceptors (Lipinski definition) is 4. The van der Waals surface area contributed by atoms with Crippen LogP contribution in [0.4, 0.5) is 0 Å². The summed E-state index contributed by atoms with van der Waals surface area (Å²) in [5, 5.41) is 0. The van der Waals surface area contributed by atoms with Gasteiger partial charge in [-0.3, -0.25) is 0 Å². The fraction of sp³-hybridized carbons (Fsp3) is 0. The van der Waals surface area contributed by atoms with Crippen molar-refractivity contribution in [2.45, 2.75) is 0 Å². The van der Waals surface area contributed by atoms with Crippen LogP contribution in [-0.4, -0.2) is 28.2 Å². The summed E-state index contributed by atoms with van der Waals surface area (Å²) in [6.45, 7) is 0. The van der Waals surface area contributed by atoms with Gasteiger partial charge in [0.15, 0.2) is 0 Å². The first-order valence-corrected chi connectivity index (χ1v) is 2.68. The molecule has 0 fully saturated rings. The Labute approximate surface area is 62.6 Å². The van der Waals surface area contributed by atoms with Gasteiger partial charge in [-0.25, -0.2) is 0 Å². The van der Waals surface area contributed by atoms with Crippen molar-refractivity contribution in [2.75, 3.05) is 0 Å². The Morgan fingerprint density at radius 1 is 0.857 bits per heavy atom. The average Bonchev–Trinajstić information content (AvgIpc) is 0.722. The van der Waals surface area contributed by atoms with Gasteiger partial charge in [0.1, 0.15) is 0 Å². The van der Waals surface area contributed by atoms with Gasteiger partial charge < -0.3 is 19.2 Å². The van der Waals surface area contributed by atoms with Crippen LogP contribution in [0.5, 0.6) is 0 Å². The second-order valence-electron chi connectivity index (χ2n) is 0.600. The van der Waals surface area contributed by atoms with Crippen molar-refractivity contribution < 1.29 is 53.3 Å². The van der Waals surface area contributed by atoms with Gasteiger partial charge in [-0.2, -0.15) is 0 Å². The molecule has 7 heavy (non-hydrogen) atoms. The third kappa shape index (κ3) is 153. The van der Waals surface area contributed by atoms with Crippen LogP contribution in [0.1, 0.15) is 0 Å². The molecule has 0 atom stereocenters. The van der Waals surface area contributed by atoms with Crippen LogP contribution in [0.2, 0.25) is 0 Å². The van der Waals surface area contributed by atoms with Gasteiger partial charge in [0.25, 0.3) is 0 Å². The molecule has 4 nitrogen and oxygen atoms in total. The Hall–Kier alpha value is 1.10. The molecular formula is H4FeMnO4Si. The molecule has 0 bridgehead atoms. The first kappa shape index (κ1) is 15.7. The second-order valence-corrected chi connectivity index (χ2v) is 1.80. The van der Waals surface area contributed by atoms with Crippen molar-refractivity contribution >= 4 is 9.05 Å². The van der Waals surface area contributed by atoms with E-state index in [9.17, 15) is 0 Å². The molecule has 0 aromatic heterocycles. The van der Waals surface area contributed by atoms with Gasteiger partial charge in [0.2, 0.25) is 0 Å². The van der Waals surface area contributed by atoms with Crippen LogP contribution in [0.15, 0.2) is 0 Å². The van der Waals surface area contributed by atoms with Gasteiger partial charge in [-0.05, 0) is 0 Å². The molecule has 0 aliphatic carbocycles. The van der Waals surface area contributed by atoms with Crippen molar-refractivity contribution in [3.63, 3.8) is 0 Å². The standard InChI is InChI=1S/Fe.Mn.H4O4Si/c;;1-5(2,3)4/h;;1-4H. The summed E-state index contributed by atoms with van der Waals surface area (Å²) < 4.78 is 0. The maximum Gasteiger partial charge on any atom is 0.668 e. The molecule has 0 saturated carbocycles. The van der Waals surface area contributed by atoms with E-state index in [4.69, 9.17) is 19.2 Å². The van der Waals surface area contributed by atoms with Crippen molar-refractivity contribution in [3.8, 4) is 0 Å². The Bertz CT molecular complexity index is 27.2. The maximum absolute atomic E-state index is 7.33. The van der Waals surface area contributed by atoms with Crippen LogP contribution in [0.25, 0.3) is 0 Å². The maximum atomic E-state index is 7.33. The largest absolute Gasteiger partial charge is 0.668 e. The molecule has 47 valence electrons. The van der Waals surface area contributed by atoms with Crippen molar-refractivity contribution in [1.82, 2.24) is 0 Å². The number of rotatable bonds is 0. The fourth-order valence-electron chi connectivity index (χ4n) is 0. The molecule has 1 radical (unpaired) electrons. The zero-order valence-corrected chi connectivity index (χ0v) is 6.30. The predicted octanol–water partition coefficient (Wildman–Crippen LogP) is -2.61. The summed E-state index contributed by atoms with van der Waals surface area (Å²) in [5.41, 5.74) is 0. The van der Waals surface area contributed by atoms with Gasteiger partial charge >= 0.3 is 9.05 Å². The molecule has 0 spiro atoms. The monoisotopic (exact) mass is 207 g/mol. The molecule has 4 N–H and O–H groups in total. The van der Waals surface area contributed by atoms with Crippen LogP contribution >= 0.6 is 0 Å². The molecule has 0 amide bonds. The van der Waals surface area contributed by atoms with Crippen LogP contribution in [-0.2, 0) is 34.1 Å². The van der Waals surface area contributed by atoms with E-state index in [0.717, 1.165) is 0 Å². The average molecular weight is 207 g/mol. The Morgan fingerprint density at radius 3 is 0.857 bits per heavy atom. The Morgan fingerprint density at radius 2 is 0.857 bits per heavy atom. The summed E-state index contributed by atoms with van der Waals surface area (Å²) in [4.78, 5) is 29.3. The molecule has 0 saturated heterocycles. The van der Waals surface area contributed by atoms with Crippen LogP contribution in [0, 0.1) is 0 Å². The Balaban J connectivity index is -0.0000000800. The summed E-state index contributed by atoms with van der Waals surface area (Å²) in [7, 11) is -4.61. The topological polar surface area (TPSA) is 80.9 Å². The van der Waals surface area contributed by atoms with E-state index in [0.29, 0.717) is 0 Å². The normalized spacial score (nSPS) is 8.57. The first-order valence-electron chi connectivity index (χ1n) is 0.894. The summed E-state index contributed by atoms with van der Waals surface area (Å²) >= 11 is 0. The fourth-order valence-corrected chi connectivity index (χ4v) is 0. The smallest absolute Gasteiger partial charge is 0.368 e. The van der Waals surface area contributed by atoms with E-state index in [-0.39, 0.29) is 34.1 Å². The molecule has 0 rings (SSSR count). The molecule has 0 aromatic carbocycles. The molecular weight excluding hydrogens is 203 g/mol. The van der Waals surface area contributed by atoms with E-state index in [2.05, 4.69) is 0 Å². The van der Waals surface area contributed by atoms with Crippen LogP contribution in [0.3, 0.4) is 0 Å². The van der Waals surface area contributed by atoms with Crippen molar-refractivity contribution in [3.05, 3.63) is 0 Å². The van der Waals surface area contributed by atoms with E-state index in [1.807, 2.05) is 0 Å².